The lowest BCUT2D eigenvalue weighted by Gasteiger charge is -2.30. The van der Waals surface area contributed by atoms with Gasteiger partial charge in [0.15, 0.2) is 0 Å². The van der Waals surface area contributed by atoms with Crippen LogP contribution in [0, 0.1) is 0 Å². The van der Waals surface area contributed by atoms with Crippen molar-refractivity contribution in [2.45, 2.75) is 38.5 Å². The highest BCUT2D eigenvalue weighted by atomic mass is 16.4. The molecule has 0 saturated carbocycles. The predicted molar refractivity (Wildman–Crippen MR) is 100 cm³/mol. The van der Waals surface area contributed by atoms with E-state index in [1.54, 1.807) is 24.3 Å². The lowest BCUT2D eigenvalue weighted by atomic mass is 9.77. The number of aromatic carboxylic acids is 1. The minimum Gasteiger partial charge on any atom is -0.478 e. The molecule has 3 aromatic rings. The molecular formula is C21H21N3O2. The zero-order valence-corrected chi connectivity index (χ0v) is 14.9. The van der Waals surface area contributed by atoms with Crippen molar-refractivity contribution in [1.29, 1.82) is 0 Å². The van der Waals surface area contributed by atoms with Gasteiger partial charge in [-0.3, -0.25) is 4.98 Å². The Bertz CT molecular complexity index is 971. The van der Waals surface area contributed by atoms with Crippen LogP contribution in [-0.4, -0.2) is 26.0 Å². The summed E-state index contributed by atoms with van der Waals surface area (Å²) in [5.74, 6) is -0.920. The standard InChI is InChI=1S/C21H21N3O2/c1-21(2)11-3-4-17-19(21)22-12-18(24-17)16-10-9-15(23-16)13-5-7-14(8-6-13)20(25)26/h5-10,12,23H,3-4,11H2,1-2H3,(H,25,26). The summed E-state index contributed by atoms with van der Waals surface area (Å²) in [7, 11) is 0. The van der Waals surface area contributed by atoms with Gasteiger partial charge in [0.25, 0.3) is 0 Å². The Hall–Kier alpha value is -2.95. The van der Waals surface area contributed by atoms with Crippen LogP contribution in [0.4, 0.5) is 0 Å². The van der Waals surface area contributed by atoms with E-state index in [2.05, 4.69) is 18.8 Å². The van der Waals surface area contributed by atoms with E-state index in [0.29, 0.717) is 0 Å². The molecule has 2 aromatic heterocycles. The van der Waals surface area contributed by atoms with Crippen LogP contribution in [0.15, 0.2) is 42.6 Å². The number of hydrogen-bond donors (Lipinski definition) is 2. The van der Waals surface area contributed by atoms with E-state index >= 15 is 0 Å². The van der Waals surface area contributed by atoms with Crippen LogP contribution in [0.5, 0.6) is 0 Å². The van der Waals surface area contributed by atoms with Gasteiger partial charge in [-0.05, 0) is 49.1 Å². The molecule has 4 rings (SSSR count). The topological polar surface area (TPSA) is 78.9 Å². The molecule has 132 valence electrons. The summed E-state index contributed by atoms with van der Waals surface area (Å²) in [5.41, 5.74) is 6.21. The van der Waals surface area contributed by atoms with Crippen molar-refractivity contribution < 1.29 is 9.90 Å². The summed E-state index contributed by atoms with van der Waals surface area (Å²) in [5, 5.41) is 9.01. The number of carboxylic acids is 1. The molecule has 0 spiro atoms. The fraction of sp³-hybridized carbons (Fsp3) is 0.286. The average molecular weight is 347 g/mol. The molecule has 0 unspecified atom stereocenters. The van der Waals surface area contributed by atoms with Crippen molar-refractivity contribution in [3.8, 4) is 22.6 Å². The third kappa shape index (κ3) is 2.90. The fourth-order valence-electron chi connectivity index (χ4n) is 3.62. The van der Waals surface area contributed by atoms with Crippen molar-refractivity contribution in [3.05, 3.63) is 59.5 Å². The number of carbonyl (C=O) groups is 1. The van der Waals surface area contributed by atoms with E-state index in [9.17, 15) is 4.79 Å². The first kappa shape index (κ1) is 16.5. The van der Waals surface area contributed by atoms with E-state index in [0.717, 1.165) is 53.3 Å². The first-order valence-electron chi connectivity index (χ1n) is 8.83. The van der Waals surface area contributed by atoms with Gasteiger partial charge in [0.05, 0.1) is 28.8 Å². The summed E-state index contributed by atoms with van der Waals surface area (Å²) in [6.45, 7) is 4.46. The van der Waals surface area contributed by atoms with E-state index < -0.39 is 5.97 Å². The summed E-state index contributed by atoms with van der Waals surface area (Å²) >= 11 is 0. The molecular weight excluding hydrogens is 326 g/mol. The molecule has 1 aliphatic carbocycles. The predicted octanol–water partition coefficient (Wildman–Crippen LogP) is 4.45. The number of nitrogens with one attached hydrogen (secondary N) is 1. The van der Waals surface area contributed by atoms with Crippen molar-refractivity contribution in [1.82, 2.24) is 15.0 Å². The van der Waals surface area contributed by atoms with E-state index in [4.69, 9.17) is 15.1 Å². The average Bonchev–Trinajstić information content (AvgIpc) is 3.11. The Morgan fingerprint density at radius 1 is 1.12 bits per heavy atom. The third-order valence-electron chi connectivity index (χ3n) is 5.11. The zero-order valence-electron chi connectivity index (χ0n) is 14.9. The molecule has 26 heavy (non-hydrogen) atoms. The Morgan fingerprint density at radius 2 is 1.85 bits per heavy atom. The normalized spacial score (nSPS) is 15.5. The molecule has 1 aliphatic rings. The number of nitrogens with zero attached hydrogens (tertiary/aromatic N) is 2. The maximum atomic E-state index is 11.0. The molecule has 0 saturated heterocycles. The summed E-state index contributed by atoms with van der Waals surface area (Å²) in [6, 6.07) is 10.8. The monoisotopic (exact) mass is 347 g/mol. The molecule has 1 aromatic carbocycles. The Morgan fingerprint density at radius 3 is 2.58 bits per heavy atom. The molecule has 0 fully saturated rings. The highest BCUT2D eigenvalue weighted by molar-refractivity contribution is 5.88. The number of carboxylic acid groups (broad SMARTS) is 1. The zero-order chi connectivity index (χ0) is 18.3. The van der Waals surface area contributed by atoms with Crippen molar-refractivity contribution in [3.63, 3.8) is 0 Å². The Kier molecular flexibility index (Phi) is 3.87. The van der Waals surface area contributed by atoms with Crippen LogP contribution in [0.3, 0.4) is 0 Å². The van der Waals surface area contributed by atoms with Crippen LogP contribution in [0.1, 0.15) is 48.4 Å². The van der Waals surface area contributed by atoms with E-state index in [1.807, 2.05) is 18.3 Å². The van der Waals surface area contributed by atoms with Gasteiger partial charge in [-0.1, -0.05) is 26.0 Å². The molecule has 0 atom stereocenters. The minimum atomic E-state index is -0.920. The van der Waals surface area contributed by atoms with Crippen molar-refractivity contribution in [2.24, 2.45) is 0 Å². The van der Waals surface area contributed by atoms with Gasteiger partial charge in [0.1, 0.15) is 5.69 Å². The first-order valence-corrected chi connectivity index (χ1v) is 8.83. The van der Waals surface area contributed by atoms with E-state index in [-0.39, 0.29) is 11.0 Å². The number of aromatic nitrogens is 3. The number of H-pyrrole nitrogens is 1. The quantitative estimate of drug-likeness (QED) is 0.733. The van der Waals surface area contributed by atoms with Crippen LogP contribution >= 0.6 is 0 Å². The number of rotatable bonds is 3. The lowest BCUT2D eigenvalue weighted by Crippen LogP contribution is -2.26. The number of fused-ring (bicyclic) bond motifs is 1. The molecule has 0 radical (unpaired) electrons. The smallest absolute Gasteiger partial charge is 0.335 e. The lowest BCUT2D eigenvalue weighted by molar-refractivity contribution is 0.0697. The molecule has 0 aliphatic heterocycles. The Balaban J connectivity index is 1.65. The summed E-state index contributed by atoms with van der Waals surface area (Å²) in [4.78, 5) is 23.9. The van der Waals surface area contributed by atoms with Crippen LogP contribution < -0.4 is 0 Å². The second-order valence-corrected chi connectivity index (χ2v) is 7.46. The van der Waals surface area contributed by atoms with Crippen molar-refractivity contribution in [2.75, 3.05) is 0 Å². The minimum absolute atomic E-state index is 0.0892. The second kappa shape index (κ2) is 6.09. The molecule has 2 heterocycles. The number of benzene rings is 1. The summed E-state index contributed by atoms with van der Waals surface area (Å²) < 4.78 is 0. The van der Waals surface area contributed by atoms with Crippen LogP contribution in [0.2, 0.25) is 0 Å². The third-order valence-corrected chi connectivity index (χ3v) is 5.11. The first-order chi connectivity index (χ1) is 12.4. The van der Waals surface area contributed by atoms with Gasteiger partial charge in [-0.15, -0.1) is 0 Å². The van der Waals surface area contributed by atoms with Gasteiger partial charge < -0.3 is 10.1 Å². The molecule has 0 bridgehead atoms. The largest absolute Gasteiger partial charge is 0.478 e. The van der Waals surface area contributed by atoms with Gasteiger partial charge in [-0.2, -0.15) is 0 Å². The maximum absolute atomic E-state index is 11.0. The van der Waals surface area contributed by atoms with Gasteiger partial charge in [-0.25, -0.2) is 9.78 Å². The van der Waals surface area contributed by atoms with E-state index in [1.165, 1.54) is 0 Å². The SMILES string of the molecule is CC1(C)CCCc2nc(-c3ccc(-c4ccc(C(=O)O)cc4)[nH]3)cnc21. The molecule has 5 nitrogen and oxygen atoms in total. The van der Waals surface area contributed by atoms with Gasteiger partial charge >= 0.3 is 5.97 Å². The molecule has 0 amide bonds. The highest BCUT2D eigenvalue weighted by Crippen LogP contribution is 2.35. The molecule has 5 heteroatoms. The van der Waals surface area contributed by atoms with Crippen LogP contribution in [0.25, 0.3) is 22.6 Å². The van der Waals surface area contributed by atoms with Crippen LogP contribution in [-0.2, 0) is 11.8 Å². The maximum Gasteiger partial charge on any atom is 0.335 e. The van der Waals surface area contributed by atoms with Gasteiger partial charge in [0, 0.05) is 11.1 Å². The number of aromatic amines is 1. The fourth-order valence-corrected chi connectivity index (χ4v) is 3.62. The number of hydrogen-bond acceptors (Lipinski definition) is 3. The summed E-state index contributed by atoms with van der Waals surface area (Å²) in [6.07, 6.45) is 5.11. The molecule has 2 N–H and O–H groups in total. The number of aryl methyl sites for hydroxylation is 1. The second-order valence-electron chi connectivity index (χ2n) is 7.46. The highest BCUT2D eigenvalue weighted by Gasteiger charge is 2.30. The van der Waals surface area contributed by atoms with Crippen molar-refractivity contribution >= 4 is 5.97 Å². The Labute approximate surface area is 152 Å². The van der Waals surface area contributed by atoms with Gasteiger partial charge in [0.2, 0.25) is 0 Å².